The highest BCUT2D eigenvalue weighted by atomic mass is 16.5. The summed E-state index contributed by atoms with van der Waals surface area (Å²) in [6.45, 7) is 6.93. The maximum absolute atomic E-state index is 13.9. The average molecular weight is 570 g/mol. The Morgan fingerprint density at radius 1 is 0.952 bits per heavy atom. The molecule has 0 radical (unpaired) electrons. The van der Waals surface area contributed by atoms with Gasteiger partial charge in [0.25, 0.3) is 0 Å². The number of aromatic nitrogens is 1. The molecule has 9 heteroatoms. The largest absolute Gasteiger partial charge is 0.478 e. The van der Waals surface area contributed by atoms with Crippen molar-refractivity contribution in [1.29, 1.82) is 0 Å². The summed E-state index contributed by atoms with van der Waals surface area (Å²) in [7, 11) is 0. The van der Waals surface area contributed by atoms with Crippen LogP contribution in [-0.4, -0.2) is 81.7 Å². The second-order valence-corrected chi connectivity index (χ2v) is 11.6. The fraction of sp³-hybridized carbons (Fsp3) is 0.424. The van der Waals surface area contributed by atoms with Crippen molar-refractivity contribution in [3.8, 4) is 0 Å². The predicted molar refractivity (Wildman–Crippen MR) is 161 cm³/mol. The third-order valence-corrected chi connectivity index (χ3v) is 8.93. The maximum Gasteiger partial charge on any atom is 0.335 e. The molecule has 4 heterocycles. The van der Waals surface area contributed by atoms with Gasteiger partial charge in [0.15, 0.2) is 0 Å². The summed E-state index contributed by atoms with van der Waals surface area (Å²) in [4.78, 5) is 36.5. The number of nitrogens with zero attached hydrogens (tertiary/aromatic N) is 4. The Hall–Kier alpha value is -3.95. The molecule has 2 amide bonds. The molecule has 0 spiro atoms. The van der Waals surface area contributed by atoms with E-state index in [1.165, 1.54) is 11.1 Å². The number of carboxylic acids is 1. The number of aryl methyl sites for hydroxylation is 1. The highest BCUT2D eigenvalue weighted by Crippen LogP contribution is 2.37. The third-order valence-electron chi connectivity index (χ3n) is 8.93. The number of rotatable bonds is 8. The van der Waals surface area contributed by atoms with Gasteiger partial charge in [0.05, 0.1) is 11.6 Å². The predicted octanol–water partition coefficient (Wildman–Crippen LogP) is 5.45. The zero-order valence-corrected chi connectivity index (χ0v) is 24.1. The van der Waals surface area contributed by atoms with Gasteiger partial charge in [0, 0.05) is 62.9 Å². The molecule has 2 aromatic carbocycles. The van der Waals surface area contributed by atoms with Gasteiger partial charge in [-0.25, -0.2) is 14.6 Å². The Morgan fingerprint density at radius 3 is 2.33 bits per heavy atom. The Morgan fingerprint density at radius 2 is 1.67 bits per heavy atom. The zero-order valence-electron chi connectivity index (χ0n) is 24.1. The molecule has 3 aliphatic rings. The number of pyridine rings is 1. The molecule has 1 aromatic heterocycles. The Balaban J connectivity index is 1.08. The second-order valence-electron chi connectivity index (χ2n) is 11.6. The van der Waals surface area contributed by atoms with E-state index in [-0.39, 0.29) is 29.7 Å². The molecular formula is C33H39N5O4. The standard InChI is InChI=1S/C33H39N5O4/c1-23-26(9-12-31(34-23)35-27-10-7-25(8-11-27)32(39)40)21-36-17-13-29(14-18-36)38-30(24-5-3-2-4-6-24)22-37(33(38)41)28-15-19-42-20-16-28/h2-12,28-30H,13-22H2,1H3,(H,34,35)(H,39,40). The van der Waals surface area contributed by atoms with Crippen molar-refractivity contribution in [2.45, 2.75) is 57.3 Å². The molecule has 3 fully saturated rings. The minimum Gasteiger partial charge on any atom is -0.478 e. The molecule has 1 unspecified atom stereocenters. The van der Waals surface area contributed by atoms with E-state index in [0.717, 1.165) is 82.3 Å². The van der Waals surface area contributed by atoms with Crippen molar-refractivity contribution in [1.82, 2.24) is 19.7 Å². The Kier molecular flexibility index (Phi) is 8.39. The van der Waals surface area contributed by atoms with Gasteiger partial charge in [0.1, 0.15) is 5.82 Å². The average Bonchev–Trinajstić information content (AvgIpc) is 3.37. The van der Waals surface area contributed by atoms with Gasteiger partial charge >= 0.3 is 12.0 Å². The first-order chi connectivity index (χ1) is 20.5. The summed E-state index contributed by atoms with van der Waals surface area (Å²) in [5, 5.41) is 12.4. The number of carbonyl (C=O) groups excluding carboxylic acids is 1. The quantitative estimate of drug-likeness (QED) is 0.372. The molecule has 3 aliphatic heterocycles. The van der Waals surface area contributed by atoms with Crippen LogP contribution in [0.3, 0.4) is 0 Å². The number of carboxylic acid groups (broad SMARTS) is 1. The van der Waals surface area contributed by atoms with Gasteiger partial charge in [-0.15, -0.1) is 0 Å². The summed E-state index contributed by atoms with van der Waals surface area (Å²) in [5.74, 6) is -0.212. The summed E-state index contributed by atoms with van der Waals surface area (Å²) < 4.78 is 5.58. The van der Waals surface area contributed by atoms with Crippen molar-refractivity contribution >= 4 is 23.5 Å². The molecule has 3 saturated heterocycles. The minimum absolute atomic E-state index is 0.0879. The lowest BCUT2D eigenvalue weighted by molar-refractivity contribution is 0.0493. The monoisotopic (exact) mass is 569 g/mol. The van der Waals surface area contributed by atoms with Crippen LogP contribution < -0.4 is 5.32 Å². The second kappa shape index (κ2) is 12.5. The summed E-state index contributed by atoms with van der Waals surface area (Å²) in [5.41, 5.74) is 4.42. The lowest BCUT2D eigenvalue weighted by Gasteiger charge is -2.39. The fourth-order valence-electron chi connectivity index (χ4n) is 6.56. The van der Waals surface area contributed by atoms with Crippen LogP contribution in [0.2, 0.25) is 0 Å². The first kappa shape index (κ1) is 28.2. The molecule has 6 rings (SSSR count). The molecule has 0 saturated carbocycles. The molecule has 42 heavy (non-hydrogen) atoms. The van der Waals surface area contributed by atoms with Gasteiger partial charge in [-0.05, 0) is 74.1 Å². The highest BCUT2D eigenvalue weighted by Gasteiger charge is 2.45. The molecule has 0 aliphatic carbocycles. The van der Waals surface area contributed by atoms with E-state index in [1.54, 1.807) is 24.3 Å². The Labute approximate surface area is 247 Å². The van der Waals surface area contributed by atoms with E-state index < -0.39 is 5.97 Å². The number of piperidine rings is 1. The SMILES string of the molecule is Cc1nc(Nc2ccc(C(=O)O)cc2)ccc1CN1CCC(N2C(=O)N(C3CCOCC3)CC2c2ccccc2)CC1. The van der Waals surface area contributed by atoms with Crippen molar-refractivity contribution < 1.29 is 19.4 Å². The molecule has 0 bridgehead atoms. The smallest absolute Gasteiger partial charge is 0.335 e. The zero-order chi connectivity index (χ0) is 29.1. The van der Waals surface area contributed by atoms with Gasteiger partial charge in [0.2, 0.25) is 0 Å². The number of urea groups is 1. The minimum atomic E-state index is -0.941. The third kappa shape index (κ3) is 6.12. The van der Waals surface area contributed by atoms with Crippen LogP contribution in [0.25, 0.3) is 0 Å². The number of hydrogen-bond donors (Lipinski definition) is 2. The summed E-state index contributed by atoms with van der Waals surface area (Å²) in [6.07, 6.45) is 3.74. The van der Waals surface area contributed by atoms with E-state index in [2.05, 4.69) is 50.3 Å². The van der Waals surface area contributed by atoms with E-state index >= 15 is 0 Å². The number of aromatic carboxylic acids is 1. The number of hydrogen-bond acceptors (Lipinski definition) is 6. The lowest BCUT2D eigenvalue weighted by Crippen LogP contribution is -2.48. The van der Waals surface area contributed by atoms with Crippen molar-refractivity contribution in [2.24, 2.45) is 0 Å². The summed E-state index contributed by atoms with van der Waals surface area (Å²) >= 11 is 0. The van der Waals surface area contributed by atoms with Gasteiger partial charge in [-0.1, -0.05) is 36.4 Å². The van der Waals surface area contributed by atoms with Gasteiger partial charge in [-0.2, -0.15) is 0 Å². The molecule has 1 atom stereocenters. The summed E-state index contributed by atoms with van der Waals surface area (Å²) in [6, 6.07) is 22.0. The van der Waals surface area contributed by atoms with Gasteiger partial charge < -0.3 is 25.0 Å². The first-order valence-corrected chi connectivity index (χ1v) is 15.0. The Bertz CT molecular complexity index is 1390. The van der Waals surface area contributed by atoms with E-state index in [1.807, 2.05) is 19.1 Å². The van der Waals surface area contributed by atoms with Crippen LogP contribution in [0.4, 0.5) is 16.3 Å². The topological polar surface area (TPSA) is 98.2 Å². The molecular weight excluding hydrogens is 530 g/mol. The number of ether oxygens (including phenoxy) is 1. The number of amides is 2. The number of nitrogens with one attached hydrogen (secondary N) is 1. The number of likely N-dealkylation sites (tertiary alicyclic amines) is 1. The van der Waals surface area contributed by atoms with Crippen LogP contribution in [0.1, 0.15) is 58.9 Å². The van der Waals surface area contributed by atoms with Crippen LogP contribution in [0.5, 0.6) is 0 Å². The highest BCUT2D eigenvalue weighted by molar-refractivity contribution is 5.88. The van der Waals surface area contributed by atoms with Crippen LogP contribution in [0, 0.1) is 6.92 Å². The fourth-order valence-corrected chi connectivity index (χ4v) is 6.56. The van der Waals surface area contributed by atoms with Crippen LogP contribution in [-0.2, 0) is 11.3 Å². The number of anilines is 2. The molecule has 220 valence electrons. The van der Waals surface area contributed by atoms with Crippen molar-refractivity contribution in [2.75, 3.05) is 38.2 Å². The maximum atomic E-state index is 13.9. The van der Waals surface area contributed by atoms with Gasteiger partial charge in [-0.3, -0.25) is 4.90 Å². The molecule has 9 nitrogen and oxygen atoms in total. The van der Waals surface area contributed by atoms with Crippen molar-refractivity contribution in [3.05, 3.63) is 89.1 Å². The van der Waals surface area contributed by atoms with Crippen molar-refractivity contribution in [3.63, 3.8) is 0 Å². The van der Waals surface area contributed by atoms with E-state index in [9.17, 15) is 9.59 Å². The van der Waals surface area contributed by atoms with Crippen LogP contribution in [0.15, 0.2) is 66.7 Å². The number of benzene rings is 2. The van der Waals surface area contributed by atoms with Crippen LogP contribution >= 0.6 is 0 Å². The van der Waals surface area contributed by atoms with E-state index in [0.29, 0.717) is 0 Å². The number of carbonyl (C=O) groups is 2. The molecule has 2 N–H and O–H groups in total. The molecule has 3 aromatic rings. The normalized spacial score (nSPS) is 20.7. The van der Waals surface area contributed by atoms with E-state index in [4.69, 9.17) is 14.8 Å². The lowest BCUT2D eigenvalue weighted by atomic mass is 9.98. The first-order valence-electron chi connectivity index (χ1n) is 15.0.